The summed E-state index contributed by atoms with van der Waals surface area (Å²) in [6.07, 6.45) is -11.8. The van der Waals surface area contributed by atoms with E-state index in [2.05, 4.69) is 0 Å². The summed E-state index contributed by atoms with van der Waals surface area (Å²) in [6, 6.07) is 6.82. The van der Waals surface area contributed by atoms with Crippen molar-refractivity contribution < 1.29 is 83.1 Å². The molecule has 4 aliphatic heterocycles. The maximum absolute atomic E-state index is 11.0. The summed E-state index contributed by atoms with van der Waals surface area (Å²) in [4.78, 5) is 0. The molecule has 0 aliphatic carbocycles. The van der Waals surface area contributed by atoms with E-state index in [9.17, 15) is 35.7 Å². The van der Waals surface area contributed by atoms with Crippen LogP contribution in [0.2, 0.25) is 0 Å². The van der Waals surface area contributed by atoms with Gasteiger partial charge in [0.05, 0.1) is 73.7 Å². The fraction of sp³-hybridized carbons (Fsp3) is 0.636. The van der Waals surface area contributed by atoms with Gasteiger partial charge in [-0.1, -0.05) is 0 Å². The molecular formula is C33H44O17. The number of ether oxygens (including phenoxy) is 10. The van der Waals surface area contributed by atoms with E-state index in [0.29, 0.717) is 18.8 Å². The van der Waals surface area contributed by atoms with Gasteiger partial charge in [-0.25, -0.2) is 0 Å². The molecule has 17 nitrogen and oxygen atoms in total. The van der Waals surface area contributed by atoms with Gasteiger partial charge in [0.25, 0.3) is 0 Å². The lowest BCUT2D eigenvalue weighted by Crippen LogP contribution is -2.62. The normalized spacial score (nSPS) is 36.6. The number of fused-ring (bicyclic) bond motifs is 1. The molecule has 0 amide bonds. The third kappa shape index (κ3) is 6.41. The van der Waals surface area contributed by atoms with E-state index in [-0.39, 0.29) is 52.4 Å². The minimum atomic E-state index is -2.02. The number of aromatic hydroxyl groups is 1. The zero-order valence-corrected chi connectivity index (χ0v) is 27.9. The van der Waals surface area contributed by atoms with Crippen molar-refractivity contribution in [1.82, 2.24) is 0 Å². The van der Waals surface area contributed by atoms with Gasteiger partial charge in [0.1, 0.15) is 30.0 Å². The molecule has 278 valence electrons. The minimum absolute atomic E-state index is 0.0239. The van der Waals surface area contributed by atoms with Crippen LogP contribution in [-0.2, 0) is 23.7 Å². The summed E-state index contributed by atoms with van der Waals surface area (Å²) < 4.78 is 57.7. The first-order valence-electron chi connectivity index (χ1n) is 16.0. The second kappa shape index (κ2) is 14.8. The van der Waals surface area contributed by atoms with E-state index in [4.69, 9.17) is 47.4 Å². The van der Waals surface area contributed by atoms with E-state index in [0.717, 1.165) is 5.56 Å². The first-order chi connectivity index (χ1) is 24.0. The maximum atomic E-state index is 11.0. The summed E-state index contributed by atoms with van der Waals surface area (Å²) in [5.74, 6) is 0.665. The van der Waals surface area contributed by atoms with Crippen LogP contribution in [0.4, 0.5) is 0 Å². The van der Waals surface area contributed by atoms with Crippen molar-refractivity contribution >= 4 is 0 Å². The van der Waals surface area contributed by atoms with Crippen molar-refractivity contribution in [2.45, 2.75) is 60.9 Å². The van der Waals surface area contributed by atoms with Crippen molar-refractivity contribution in [1.29, 1.82) is 0 Å². The highest BCUT2D eigenvalue weighted by atomic mass is 16.8. The lowest BCUT2D eigenvalue weighted by molar-refractivity contribution is -0.319. The molecule has 17 heteroatoms. The lowest BCUT2D eigenvalue weighted by atomic mass is 9.84. The third-order valence-corrected chi connectivity index (χ3v) is 9.84. The first kappa shape index (κ1) is 36.6. The Hall–Kier alpha value is -3.20. The lowest BCUT2D eigenvalue weighted by Gasteiger charge is -2.42. The van der Waals surface area contributed by atoms with Gasteiger partial charge >= 0.3 is 0 Å². The van der Waals surface area contributed by atoms with Crippen LogP contribution in [0.25, 0.3) is 0 Å². The van der Waals surface area contributed by atoms with Crippen LogP contribution in [0.1, 0.15) is 23.3 Å². The standard InChI is InChI=1S/C33H44O17/c1-41-18-5-14(6-19(42-2)23(18)36)26-16-10-46-27(17(16)11-45-26)15-7-20(43-3)28(21(8-15)44-4)49-31-29(25(38)24(37)22(9-34)48-31)50-32-30(39)33(40,12-35)13-47-32/h5-8,16-17,22,24-27,29-32,34-40H,9-13H2,1-4H3/t16-,17-,22-,24-,25+,26+,27+,29-,30+,31+,32+,33-/m1/s1. The number of phenolic OH excluding ortho intramolecular Hbond substituents is 1. The van der Waals surface area contributed by atoms with Gasteiger partial charge in [-0.15, -0.1) is 0 Å². The van der Waals surface area contributed by atoms with Gasteiger partial charge < -0.3 is 83.1 Å². The molecule has 4 aliphatic rings. The molecule has 4 heterocycles. The van der Waals surface area contributed by atoms with Crippen LogP contribution in [0.3, 0.4) is 0 Å². The van der Waals surface area contributed by atoms with Crippen LogP contribution in [0.5, 0.6) is 34.5 Å². The molecule has 6 rings (SSSR count). The Kier molecular flexibility index (Phi) is 10.8. The minimum Gasteiger partial charge on any atom is -0.502 e. The van der Waals surface area contributed by atoms with Crippen LogP contribution in [0, 0.1) is 11.8 Å². The molecule has 50 heavy (non-hydrogen) atoms. The molecule has 0 radical (unpaired) electrons. The Morgan fingerprint density at radius 3 is 1.72 bits per heavy atom. The number of hydrogen-bond acceptors (Lipinski definition) is 17. The second-order valence-electron chi connectivity index (χ2n) is 12.7. The Morgan fingerprint density at radius 1 is 0.740 bits per heavy atom. The Morgan fingerprint density at radius 2 is 1.26 bits per heavy atom. The molecule has 0 bridgehead atoms. The summed E-state index contributed by atoms with van der Waals surface area (Å²) in [6.45, 7) is -1.24. The van der Waals surface area contributed by atoms with E-state index < -0.39 is 74.6 Å². The number of aliphatic hydroxyl groups excluding tert-OH is 5. The zero-order valence-electron chi connectivity index (χ0n) is 27.9. The third-order valence-electron chi connectivity index (χ3n) is 9.84. The SMILES string of the molecule is COc1cc([C@@H]2OC[C@@H]3[C@H]2CO[C@H]3c2cc(OC)c(O[C@@H]3O[C@H](CO)[C@@H](O)[C@H](O)[C@H]3O[C@@H]3OC[C@](O)(CO)[C@H]3O)c(OC)c2)cc(OC)c1O. The molecule has 0 spiro atoms. The van der Waals surface area contributed by atoms with Crippen molar-refractivity contribution in [2.75, 3.05) is 61.5 Å². The Labute approximate surface area is 287 Å². The van der Waals surface area contributed by atoms with Gasteiger partial charge in [0, 0.05) is 11.8 Å². The highest BCUT2D eigenvalue weighted by Crippen LogP contribution is 2.54. The average Bonchev–Trinajstić information content (AvgIpc) is 3.82. The van der Waals surface area contributed by atoms with Crippen LogP contribution in [0.15, 0.2) is 24.3 Å². The molecular weight excluding hydrogens is 668 g/mol. The molecule has 0 aromatic heterocycles. The fourth-order valence-electron chi connectivity index (χ4n) is 6.97. The molecule has 0 unspecified atom stereocenters. The van der Waals surface area contributed by atoms with Crippen molar-refractivity contribution in [2.24, 2.45) is 11.8 Å². The highest BCUT2D eigenvalue weighted by Gasteiger charge is 2.54. The Bertz CT molecular complexity index is 1440. The average molecular weight is 713 g/mol. The summed E-state index contributed by atoms with van der Waals surface area (Å²) in [5.41, 5.74) is -0.567. The first-order valence-corrected chi connectivity index (χ1v) is 16.0. The predicted molar refractivity (Wildman–Crippen MR) is 166 cm³/mol. The van der Waals surface area contributed by atoms with E-state index in [1.54, 1.807) is 24.3 Å². The second-order valence-corrected chi connectivity index (χ2v) is 12.7. The molecule has 4 fully saturated rings. The van der Waals surface area contributed by atoms with Crippen molar-refractivity contribution in [3.63, 3.8) is 0 Å². The highest BCUT2D eigenvalue weighted by molar-refractivity contribution is 5.55. The molecule has 4 saturated heterocycles. The topological polar surface area (TPSA) is 234 Å². The number of hydrogen-bond donors (Lipinski definition) is 7. The number of rotatable bonds is 12. The Balaban J connectivity index is 1.26. The molecule has 2 aromatic rings. The summed E-state index contributed by atoms with van der Waals surface area (Å²) in [7, 11) is 5.73. The maximum Gasteiger partial charge on any atom is 0.230 e. The quantitative estimate of drug-likeness (QED) is 0.142. The number of aliphatic hydroxyl groups is 6. The van der Waals surface area contributed by atoms with E-state index in [1.807, 2.05) is 0 Å². The molecule has 2 aromatic carbocycles. The van der Waals surface area contributed by atoms with Crippen LogP contribution in [-0.4, -0.2) is 146 Å². The van der Waals surface area contributed by atoms with Crippen LogP contribution < -0.4 is 23.7 Å². The number of benzene rings is 2. The fourth-order valence-corrected chi connectivity index (χ4v) is 6.97. The molecule has 12 atom stereocenters. The van der Waals surface area contributed by atoms with Crippen LogP contribution >= 0.6 is 0 Å². The van der Waals surface area contributed by atoms with Gasteiger partial charge in [-0.05, 0) is 35.4 Å². The van der Waals surface area contributed by atoms with Gasteiger partial charge in [-0.2, -0.15) is 0 Å². The molecule has 0 saturated carbocycles. The summed E-state index contributed by atoms with van der Waals surface area (Å²) >= 11 is 0. The van der Waals surface area contributed by atoms with Crippen molar-refractivity contribution in [3.8, 4) is 34.5 Å². The number of phenols is 1. The largest absolute Gasteiger partial charge is 0.502 e. The molecule has 7 N–H and O–H groups in total. The monoisotopic (exact) mass is 712 g/mol. The van der Waals surface area contributed by atoms with E-state index >= 15 is 0 Å². The van der Waals surface area contributed by atoms with Gasteiger partial charge in [0.2, 0.25) is 17.8 Å². The van der Waals surface area contributed by atoms with Gasteiger partial charge in [-0.3, -0.25) is 0 Å². The van der Waals surface area contributed by atoms with Crippen molar-refractivity contribution in [3.05, 3.63) is 35.4 Å². The van der Waals surface area contributed by atoms with Gasteiger partial charge in [0.15, 0.2) is 35.4 Å². The van der Waals surface area contributed by atoms with E-state index in [1.165, 1.54) is 28.4 Å². The predicted octanol–water partition coefficient (Wildman–Crippen LogP) is -0.855. The summed E-state index contributed by atoms with van der Waals surface area (Å²) in [5, 5.41) is 72.4. The zero-order chi connectivity index (χ0) is 35.9. The smallest absolute Gasteiger partial charge is 0.230 e. The number of methoxy groups -OCH3 is 4.